The van der Waals surface area contributed by atoms with Crippen LogP contribution in [-0.4, -0.2) is 32.1 Å². The number of nitrogens with one attached hydrogen (secondary N) is 1. The molecule has 1 spiro atoms. The lowest BCUT2D eigenvalue weighted by molar-refractivity contribution is -0.212. The van der Waals surface area contributed by atoms with Crippen LogP contribution in [0.5, 0.6) is 5.75 Å². The fraction of sp³-hybridized carbons (Fsp3) is 0.476. The largest absolute Gasteiger partial charge is 0.497 e. The predicted molar refractivity (Wildman–Crippen MR) is 102 cm³/mol. The SMILES string of the molecule is COc1ccc([C@@H]2NC3=C(CCC3)[C@]3(C#N)C4(N=C(N)[C@@]23C#N)OCCO4)cc1. The molecule has 1 aromatic carbocycles. The summed E-state index contributed by atoms with van der Waals surface area (Å²) in [6.07, 6.45) is 2.35. The molecule has 3 N–H and O–H groups in total. The number of allylic oxidation sites excluding steroid dienone is 1. The molecule has 0 bridgehead atoms. The number of benzene rings is 1. The molecule has 8 heteroatoms. The Hall–Kier alpha value is -3.07. The molecule has 1 fully saturated rings. The fourth-order valence-electron chi connectivity index (χ4n) is 5.41. The van der Waals surface area contributed by atoms with Crippen LogP contribution in [0.2, 0.25) is 0 Å². The molecule has 148 valence electrons. The second-order valence-corrected chi connectivity index (χ2v) is 7.72. The fourth-order valence-corrected chi connectivity index (χ4v) is 5.41. The number of nitriles is 2. The number of methoxy groups -OCH3 is 1. The minimum Gasteiger partial charge on any atom is -0.497 e. The van der Waals surface area contributed by atoms with Crippen LogP contribution in [0.3, 0.4) is 0 Å². The molecule has 1 aromatic rings. The highest BCUT2D eigenvalue weighted by Gasteiger charge is 2.80. The van der Waals surface area contributed by atoms with Gasteiger partial charge in [-0.2, -0.15) is 10.5 Å². The number of amidine groups is 1. The van der Waals surface area contributed by atoms with Gasteiger partial charge in [-0.05, 0) is 42.5 Å². The number of ether oxygens (including phenoxy) is 3. The van der Waals surface area contributed by atoms with E-state index in [1.807, 2.05) is 24.3 Å². The van der Waals surface area contributed by atoms with E-state index in [2.05, 4.69) is 22.4 Å². The van der Waals surface area contributed by atoms with E-state index in [0.717, 1.165) is 29.7 Å². The summed E-state index contributed by atoms with van der Waals surface area (Å²) in [5.41, 5.74) is 6.14. The maximum Gasteiger partial charge on any atom is 0.297 e. The van der Waals surface area contributed by atoms with E-state index >= 15 is 0 Å². The number of nitrogens with two attached hydrogens (primary N) is 1. The average molecular weight is 391 g/mol. The molecule has 8 nitrogen and oxygen atoms in total. The first-order chi connectivity index (χ1) is 14.1. The van der Waals surface area contributed by atoms with Gasteiger partial charge < -0.3 is 25.3 Å². The van der Waals surface area contributed by atoms with Crippen molar-refractivity contribution in [3.63, 3.8) is 0 Å². The van der Waals surface area contributed by atoms with Crippen molar-refractivity contribution in [2.24, 2.45) is 21.6 Å². The molecule has 3 heterocycles. The molecule has 0 amide bonds. The van der Waals surface area contributed by atoms with Crippen LogP contribution in [0.15, 0.2) is 40.5 Å². The zero-order valence-electron chi connectivity index (χ0n) is 16.1. The van der Waals surface area contributed by atoms with Crippen LogP contribution in [-0.2, 0) is 9.47 Å². The summed E-state index contributed by atoms with van der Waals surface area (Å²) in [4.78, 5) is 4.53. The molecular formula is C21H21N5O3. The summed E-state index contributed by atoms with van der Waals surface area (Å²) in [5.74, 6) is -0.815. The first kappa shape index (κ1) is 18.0. The number of hydrogen-bond donors (Lipinski definition) is 2. The lowest BCUT2D eigenvalue weighted by Crippen LogP contribution is -2.63. The highest BCUT2D eigenvalue weighted by molar-refractivity contribution is 5.96. The first-order valence-corrected chi connectivity index (χ1v) is 9.68. The number of fused-ring (bicyclic) bond motifs is 3. The number of hydrogen-bond acceptors (Lipinski definition) is 8. The Labute approximate surface area is 168 Å². The molecule has 1 saturated heterocycles. The third kappa shape index (κ3) is 1.91. The van der Waals surface area contributed by atoms with Crippen molar-refractivity contribution in [3.8, 4) is 17.9 Å². The Morgan fingerprint density at radius 1 is 1.17 bits per heavy atom. The Morgan fingerprint density at radius 2 is 1.90 bits per heavy atom. The summed E-state index contributed by atoms with van der Waals surface area (Å²) in [6, 6.07) is 11.7. The summed E-state index contributed by atoms with van der Waals surface area (Å²) in [6.45, 7) is 0.593. The smallest absolute Gasteiger partial charge is 0.297 e. The van der Waals surface area contributed by atoms with E-state index in [1.165, 1.54) is 0 Å². The predicted octanol–water partition coefficient (Wildman–Crippen LogP) is 1.87. The molecule has 0 radical (unpaired) electrons. The zero-order chi connectivity index (χ0) is 20.3. The molecule has 3 aliphatic heterocycles. The summed E-state index contributed by atoms with van der Waals surface area (Å²) in [5, 5.41) is 24.7. The van der Waals surface area contributed by atoms with Crippen molar-refractivity contribution in [3.05, 3.63) is 41.1 Å². The van der Waals surface area contributed by atoms with Crippen LogP contribution in [0.25, 0.3) is 0 Å². The second kappa shape index (κ2) is 5.96. The van der Waals surface area contributed by atoms with E-state index in [1.54, 1.807) is 7.11 Å². The van der Waals surface area contributed by atoms with E-state index in [9.17, 15) is 10.5 Å². The minimum atomic E-state index is -1.58. The maximum absolute atomic E-state index is 10.6. The minimum absolute atomic E-state index is 0.0650. The monoisotopic (exact) mass is 391 g/mol. The molecule has 29 heavy (non-hydrogen) atoms. The van der Waals surface area contributed by atoms with Gasteiger partial charge in [-0.25, -0.2) is 4.99 Å². The van der Waals surface area contributed by atoms with Crippen LogP contribution in [0.1, 0.15) is 30.9 Å². The summed E-state index contributed by atoms with van der Waals surface area (Å²) < 4.78 is 17.2. The Kier molecular flexibility index (Phi) is 3.70. The van der Waals surface area contributed by atoms with Gasteiger partial charge >= 0.3 is 0 Å². The molecule has 0 unspecified atom stereocenters. The van der Waals surface area contributed by atoms with E-state index in [-0.39, 0.29) is 5.84 Å². The van der Waals surface area contributed by atoms with Gasteiger partial charge in [0.25, 0.3) is 5.91 Å². The zero-order valence-corrected chi connectivity index (χ0v) is 16.1. The molecule has 0 aromatic heterocycles. The number of nitrogens with zero attached hydrogens (tertiary/aromatic N) is 3. The molecule has 3 atom stereocenters. The van der Waals surface area contributed by atoms with Crippen molar-refractivity contribution in [2.45, 2.75) is 31.2 Å². The van der Waals surface area contributed by atoms with Crippen LogP contribution in [0, 0.1) is 33.5 Å². The Morgan fingerprint density at radius 3 is 2.52 bits per heavy atom. The molecule has 0 saturated carbocycles. The van der Waals surface area contributed by atoms with Crippen molar-refractivity contribution in [2.75, 3.05) is 20.3 Å². The number of rotatable bonds is 2. The second-order valence-electron chi connectivity index (χ2n) is 7.72. The Bertz CT molecular complexity index is 1010. The third-order valence-electron chi connectivity index (χ3n) is 6.63. The molecule has 5 rings (SSSR count). The third-order valence-corrected chi connectivity index (χ3v) is 6.63. The van der Waals surface area contributed by atoms with Gasteiger partial charge in [-0.3, -0.25) is 0 Å². The van der Waals surface area contributed by atoms with Gasteiger partial charge in [0.05, 0.1) is 38.5 Å². The highest BCUT2D eigenvalue weighted by Crippen LogP contribution is 2.68. The average Bonchev–Trinajstić information content (AvgIpc) is 3.46. The van der Waals surface area contributed by atoms with Gasteiger partial charge in [0.1, 0.15) is 11.6 Å². The van der Waals surface area contributed by atoms with Gasteiger partial charge in [-0.1, -0.05) is 12.1 Å². The first-order valence-electron chi connectivity index (χ1n) is 9.68. The number of aliphatic imine (C=N–C) groups is 1. The van der Waals surface area contributed by atoms with Crippen LogP contribution in [0.4, 0.5) is 0 Å². The normalized spacial score (nSPS) is 34.0. The molecular weight excluding hydrogens is 370 g/mol. The van der Waals surface area contributed by atoms with Crippen LogP contribution >= 0.6 is 0 Å². The Balaban J connectivity index is 1.79. The van der Waals surface area contributed by atoms with Crippen molar-refractivity contribution in [1.29, 1.82) is 10.5 Å². The van der Waals surface area contributed by atoms with Gasteiger partial charge in [-0.15, -0.1) is 0 Å². The van der Waals surface area contributed by atoms with Crippen molar-refractivity contribution < 1.29 is 14.2 Å². The summed E-state index contributed by atoms with van der Waals surface area (Å²) >= 11 is 0. The standard InChI is InChI=1S/C21H21N5O3/c1-27-14-7-5-13(6-8-14)17-19(11-22)18(24)26-21(28-9-10-29-21)20(19,12-23)15-3-2-4-16(15)25-17/h5-8,17,25H,2-4,9-10H2,1H3,(H2,24,26)/t17-,19+,20-/m0/s1. The summed E-state index contributed by atoms with van der Waals surface area (Å²) in [7, 11) is 1.60. The maximum atomic E-state index is 10.6. The van der Waals surface area contributed by atoms with Gasteiger partial charge in [0, 0.05) is 5.70 Å². The van der Waals surface area contributed by atoms with Crippen molar-refractivity contribution in [1.82, 2.24) is 5.32 Å². The van der Waals surface area contributed by atoms with Crippen LogP contribution < -0.4 is 15.8 Å². The quantitative estimate of drug-likeness (QED) is 0.788. The lowest BCUT2D eigenvalue weighted by Gasteiger charge is -2.50. The van der Waals surface area contributed by atoms with E-state index < -0.39 is 22.8 Å². The topological polar surface area (TPSA) is 126 Å². The highest BCUT2D eigenvalue weighted by atomic mass is 16.8. The van der Waals surface area contributed by atoms with Gasteiger partial charge in [0.2, 0.25) is 0 Å². The van der Waals surface area contributed by atoms with E-state index in [0.29, 0.717) is 25.4 Å². The van der Waals surface area contributed by atoms with Crippen molar-refractivity contribution >= 4 is 5.84 Å². The molecule has 1 aliphatic carbocycles. The lowest BCUT2D eigenvalue weighted by atomic mass is 9.53. The van der Waals surface area contributed by atoms with Gasteiger partial charge in [0.15, 0.2) is 10.8 Å². The van der Waals surface area contributed by atoms with E-state index in [4.69, 9.17) is 19.9 Å². The molecule has 4 aliphatic rings.